The number of benzene rings is 1. The van der Waals surface area contributed by atoms with Crippen LogP contribution in [-0.4, -0.2) is 21.4 Å². The van der Waals surface area contributed by atoms with Gasteiger partial charge in [0.15, 0.2) is 0 Å². The van der Waals surface area contributed by atoms with E-state index in [1.54, 1.807) is 12.1 Å². The standard InChI is InChI=1S/C14H19N3O/c1-11(14-8-10-16-17(14)2)15-9-7-12-3-5-13(18)6-4-12/h3-6,8,10-11,15,18H,7,9H2,1-2H3. The van der Waals surface area contributed by atoms with Gasteiger partial charge in [0, 0.05) is 19.3 Å². The number of nitrogens with zero attached hydrogens (tertiary/aromatic N) is 2. The number of aryl methyl sites for hydroxylation is 1. The van der Waals surface area contributed by atoms with Gasteiger partial charge in [0.2, 0.25) is 0 Å². The van der Waals surface area contributed by atoms with Gasteiger partial charge >= 0.3 is 0 Å². The molecule has 2 rings (SSSR count). The van der Waals surface area contributed by atoms with Crippen LogP contribution in [0.15, 0.2) is 36.5 Å². The van der Waals surface area contributed by atoms with Crippen LogP contribution in [0.3, 0.4) is 0 Å². The van der Waals surface area contributed by atoms with Crippen molar-refractivity contribution in [2.45, 2.75) is 19.4 Å². The number of phenolic OH excluding ortho intramolecular Hbond substituents is 1. The second-order valence-electron chi connectivity index (χ2n) is 4.47. The lowest BCUT2D eigenvalue weighted by atomic mass is 10.1. The molecular weight excluding hydrogens is 226 g/mol. The van der Waals surface area contributed by atoms with Crippen molar-refractivity contribution in [1.82, 2.24) is 15.1 Å². The topological polar surface area (TPSA) is 50.1 Å². The first-order valence-corrected chi connectivity index (χ1v) is 6.16. The Balaban J connectivity index is 1.82. The van der Waals surface area contributed by atoms with Crippen LogP contribution in [0.4, 0.5) is 0 Å². The molecule has 1 atom stereocenters. The fourth-order valence-electron chi connectivity index (χ4n) is 2.01. The van der Waals surface area contributed by atoms with Crippen LogP contribution < -0.4 is 5.32 Å². The van der Waals surface area contributed by atoms with Crippen LogP contribution in [0.25, 0.3) is 0 Å². The van der Waals surface area contributed by atoms with Crippen LogP contribution in [0, 0.1) is 0 Å². The molecule has 0 aliphatic carbocycles. The molecule has 0 fully saturated rings. The average Bonchev–Trinajstić information content (AvgIpc) is 2.78. The van der Waals surface area contributed by atoms with Crippen molar-refractivity contribution in [2.24, 2.45) is 7.05 Å². The van der Waals surface area contributed by atoms with E-state index in [2.05, 4.69) is 17.3 Å². The highest BCUT2D eigenvalue weighted by atomic mass is 16.3. The van der Waals surface area contributed by atoms with Crippen LogP contribution in [0.2, 0.25) is 0 Å². The number of aromatic nitrogens is 2. The zero-order valence-corrected chi connectivity index (χ0v) is 10.8. The Morgan fingerprint density at radius 1 is 1.28 bits per heavy atom. The van der Waals surface area contributed by atoms with E-state index in [4.69, 9.17) is 0 Å². The maximum absolute atomic E-state index is 9.20. The molecule has 0 bridgehead atoms. The molecule has 4 heteroatoms. The molecule has 0 saturated carbocycles. The summed E-state index contributed by atoms with van der Waals surface area (Å²) in [7, 11) is 1.95. The molecule has 0 amide bonds. The molecule has 0 aliphatic rings. The number of rotatable bonds is 5. The molecule has 96 valence electrons. The summed E-state index contributed by atoms with van der Waals surface area (Å²) in [6.07, 6.45) is 2.76. The Morgan fingerprint density at radius 2 is 2.00 bits per heavy atom. The molecule has 0 aliphatic heterocycles. The monoisotopic (exact) mass is 245 g/mol. The lowest BCUT2D eigenvalue weighted by Crippen LogP contribution is -2.23. The Kier molecular flexibility index (Phi) is 3.99. The molecule has 2 N–H and O–H groups in total. The smallest absolute Gasteiger partial charge is 0.115 e. The average molecular weight is 245 g/mol. The third-order valence-corrected chi connectivity index (χ3v) is 3.10. The zero-order chi connectivity index (χ0) is 13.0. The van der Waals surface area contributed by atoms with Gasteiger partial charge in [-0.1, -0.05) is 12.1 Å². The van der Waals surface area contributed by atoms with Gasteiger partial charge in [-0.15, -0.1) is 0 Å². The Hall–Kier alpha value is -1.81. The summed E-state index contributed by atoms with van der Waals surface area (Å²) in [5.74, 6) is 0.315. The highest BCUT2D eigenvalue weighted by molar-refractivity contribution is 5.26. The summed E-state index contributed by atoms with van der Waals surface area (Å²) in [4.78, 5) is 0. The van der Waals surface area contributed by atoms with E-state index in [1.165, 1.54) is 11.3 Å². The highest BCUT2D eigenvalue weighted by Gasteiger charge is 2.07. The molecule has 0 spiro atoms. The van der Waals surface area contributed by atoms with Gasteiger partial charge in [-0.2, -0.15) is 5.10 Å². The molecule has 1 unspecified atom stereocenters. The minimum absolute atomic E-state index is 0.287. The van der Waals surface area contributed by atoms with Crippen molar-refractivity contribution in [1.29, 1.82) is 0 Å². The van der Waals surface area contributed by atoms with Crippen molar-refractivity contribution in [2.75, 3.05) is 6.54 Å². The molecule has 0 saturated heterocycles. The van der Waals surface area contributed by atoms with Crippen molar-refractivity contribution in [3.63, 3.8) is 0 Å². The number of hydrogen-bond donors (Lipinski definition) is 2. The highest BCUT2D eigenvalue weighted by Crippen LogP contribution is 2.12. The zero-order valence-electron chi connectivity index (χ0n) is 10.8. The largest absolute Gasteiger partial charge is 0.508 e. The normalized spacial score (nSPS) is 12.6. The maximum atomic E-state index is 9.20. The van der Waals surface area contributed by atoms with Crippen molar-refractivity contribution < 1.29 is 5.11 Å². The molecule has 18 heavy (non-hydrogen) atoms. The minimum atomic E-state index is 0.287. The van der Waals surface area contributed by atoms with Crippen molar-refractivity contribution >= 4 is 0 Å². The summed E-state index contributed by atoms with van der Waals surface area (Å²) in [6, 6.07) is 9.66. The van der Waals surface area contributed by atoms with Crippen LogP contribution in [-0.2, 0) is 13.5 Å². The van der Waals surface area contributed by atoms with E-state index < -0.39 is 0 Å². The predicted octanol–water partition coefficient (Wildman–Crippen LogP) is 2.02. The molecule has 0 radical (unpaired) electrons. The van der Waals surface area contributed by atoms with Gasteiger partial charge in [-0.05, 0) is 43.7 Å². The van der Waals surface area contributed by atoms with Gasteiger partial charge in [-0.3, -0.25) is 4.68 Å². The van der Waals surface area contributed by atoms with E-state index in [-0.39, 0.29) is 6.04 Å². The van der Waals surface area contributed by atoms with Crippen LogP contribution in [0.5, 0.6) is 5.75 Å². The first-order valence-electron chi connectivity index (χ1n) is 6.16. The summed E-state index contributed by atoms with van der Waals surface area (Å²) < 4.78 is 1.89. The first-order chi connectivity index (χ1) is 8.66. The lowest BCUT2D eigenvalue weighted by Gasteiger charge is -2.14. The van der Waals surface area contributed by atoms with Crippen LogP contribution >= 0.6 is 0 Å². The molecule has 1 aromatic heterocycles. The van der Waals surface area contributed by atoms with Gasteiger partial charge in [0.1, 0.15) is 5.75 Å². The van der Waals surface area contributed by atoms with Crippen molar-refractivity contribution in [3.05, 3.63) is 47.8 Å². The first kappa shape index (κ1) is 12.6. The van der Waals surface area contributed by atoms with Gasteiger partial charge in [0.25, 0.3) is 0 Å². The summed E-state index contributed by atoms with van der Waals surface area (Å²) in [5.41, 5.74) is 2.40. The van der Waals surface area contributed by atoms with E-state index >= 15 is 0 Å². The Bertz CT molecular complexity index is 490. The molecule has 4 nitrogen and oxygen atoms in total. The third-order valence-electron chi connectivity index (χ3n) is 3.10. The molecule has 1 heterocycles. The quantitative estimate of drug-likeness (QED) is 0.847. The Labute approximate surface area is 107 Å². The van der Waals surface area contributed by atoms with Crippen LogP contribution in [0.1, 0.15) is 24.2 Å². The number of nitrogens with one attached hydrogen (secondary N) is 1. The lowest BCUT2D eigenvalue weighted by molar-refractivity contribution is 0.475. The molecule has 1 aromatic carbocycles. The summed E-state index contributed by atoms with van der Waals surface area (Å²) >= 11 is 0. The second kappa shape index (κ2) is 5.69. The molecular formula is C14H19N3O. The van der Waals surface area contributed by atoms with Gasteiger partial charge < -0.3 is 10.4 Å². The van der Waals surface area contributed by atoms with Gasteiger partial charge in [-0.25, -0.2) is 0 Å². The Morgan fingerprint density at radius 3 is 2.61 bits per heavy atom. The second-order valence-corrected chi connectivity index (χ2v) is 4.47. The number of phenols is 1. The molecule has 2 aromatic rings. The fourth-order valence-corrected chi connectivity index (χ4v) is 2.01. The van der Waals surface area contributed by atoms with E-state index in [1.807, 2.05) is 36.1 Å². The van der Waals surface area contributed by atoms with E-state index in [0.29, 0.717) is 5.75 Å². The van der Waals surface area contributed by atoms with Crippen molar-refractivity contribution in [3.8, 4) is 5.75 Å². The fraction of sp³-hybridized carbons (Fsp3) is 0.357. The number of hydrogen-bond acceptors (Lipinski definition) is 3. The van der Waals surface area contributed by atoms with E-state index in [0.717, 1.165) is 13.0 Å². The summed E-state index contributed by atoms with van der Waals surface area (Å²) in [6.45, 7) is 3.03. The number of aromatic hydroxyl groups is 1. The SMILES string of the molecule is CC(NCCc1ccc(O)cc1)c1ccnn1C. The van der Waals surface area contributed by atoms with E-state index in [9.17, 15) is 5.11 Å². The van der Waals surface area contributed by atoms with Gasteiger partial charge in [0.05, 0.1) is 5.69 Å². The minimum Gasteiger partial charge on any atom is -0.508 e. The maximum Gasteiger partial charge on any atom is 0.115 e. The predicted molar refractivity (Wildman–Crippen MR) is 71.4 cm³/mol. The summed E-state index contributed by atoms with van der Waals surface area (Å²) in [5, 5.41) is 16.8. The third kappa shape index (κ3) is 3.11.